The smallest absolute Gasteiger partial charge is 0.222 e. The lowest BCUT2D eigenvalue weighted by molar-refractivity contribution is -0.136. The number of nitrogens with zero attached hydrogens (tertiary/aromatic N) is 5. The van der Waals surface area contributed by atoms with E-state index in [-0.39, 0.29) is 30.6 Å². The number of aromatic nitrogens is 3. The molecule has 8 nitrogen and oxygen atoms in total. The second kappa shape index (κ2) is 11.9. The molecular formula is C23H41N5O3. The van der Waals surface area contributed by atoms with Crippen LogP contribution in [-0.4, -0.2) is 81.2 Å². The zero-order chi connectivity index (χ0) is 22.2. The van der Waals surface area contributed by atoms with Crippen molar-refractivity contribution >= 4 is 5.91 Å². The molecule has 0 saturated heterocycles. The molecule has 1 aliphatic heterocycles. The lowest BCUT2D eigenvalue weighted by Crippen LogP contribution is -2.47. The molecule has 1 N–H and O–H groups in total. The molecule has 1 amide bonds. The first kappa shape index (κ1) is 24.1. The van der Waals surface area contributed by atoms with Gasteiger partial charge in [0.2, 0.25) is 5.91 Å². The number of aryl methyl sites for hydroxylation is 1. The third-order valence-corrected chi connectivity index (χ3v) is 6.93. The van der Waals surface area contributed by atoms with E-state index in [1.54, 1.807) is 6.20 Å². The van der Waals surface area contributed by atoms with Crippen LogP contribution in [0, 0.1) is 11.8 Å². The summed E-state index contributed by atoms with van der Waals surface area (Å²) in [6.45, 7) is 7.69. The topological polar surface area (TPSA) is 83.7 Å². The van der Waals surface area contributed by atoms with E-state index in [1.807, 2.05) is 16.5 Å². The number of hydrogen-bond donors (Lipinski definition) is 1. The Labute approximate surface area is 186 Å². The molecule has 3 rings (SSSR count). The van der Waals surface area contributed by atoms with Crippen molar-refractivity contribution in [3.63, 3.8) is 0 Å². The van der Waals surface area contributed by atoms with Crippen molar-refractivity contribution in [1.82, 2.24) is 24.8 Å². The Hall–Kier alpha value is -1.51. The molecule has 2 heterocycles. The van der Waals surface area contributed by atoms with Gasteiger partial charge in [-0.25, -0.2) is 4.68 Å². The lowest BCUT2D eigenvalue weighted by atomic mass is 9.89. The van der Waals surface area contributed by atoms with Crippen molar-refractivity contribution in [2.45, 2.75) is 84.1 Å². The first-order chi connectivity index (χ1) is 15.0. The lowest BCUT2D eigenvalue weighted by Gasteiger charge is -2.36. The van der Waals surface area contributed by atoms with Crippen LogP contribution in [0.25, 0.3) is 0 Å². The monoisotopic (exact) mass is 435 g/mol. The number of hydrogen-bond acceptors (Lipinski definition) is 6. The highest BCUT2D eigenvalue weighted by Gasteiger charge is 2.28. The average Bonchev–Trinajstić information content (AvgIpc) is 3.21. The molecule has 1 fully saturated rings. The summed E-state index contributed by atoms with van der Waals surface area (Å²) in [4.78, 5) is 17.2. The number of fused-ring (bicyclic) bond motifs is 1. The van der Waals surface area contributed by atoms with E-state index in [0.29, 0.717) is 32.5 Å². The third-order valence-electron chi connectivity index (χ3n) is 6.93. The van der Waals surface area contributed by atoms with Crippen LogP contribution in [-0.2, 0) is 22.7 Å². The molecule has 1 aromatic rings. The molecule has 0 radical (unpaired) electrons. The van der Waals surface area contributed by atoms with Gasteiger partial charge < -0.3 is 19.6 Å². The molecule has 0 unspecified atom stereocenters. The SMILES string of the molecule is C[C@H]1CN([C@@H](C)CO)C(=O)CCCn2nncc2CO[C@H]1CN(C)CC1CCCCC1. The van der Waals surface area contributed by atoms with Crippen LogP contribution in [0.2, 0.25) is 0 Å². The summed E-state index contributed by atoms with van der Waals surface area (Å²) in [5.41, 5.74) is 0.959. The van der Waals surface area contributed by atoms with Crippen molar-refractivity contribution in [2.24, 2.45) is 11.8 Å². The van der Waals surface area contributed by atoms with Gasteiger partial charge in [0.05, 0.1) is 37.3 Å². The third kappa shape index (κ3) is 6.99. The van der Waals surface area contributed by atoms with Crippen LogP contribution in [0.5, 0.6) is 0 Å². The van der Waals surface area contributed by atoms with Gasteiger partial charge in [-0.3, -0.25) is 4.79 Å². The summed E-state index contributed by atoms with van der Waals surface area (Å²) < 4.78 is 8.28. The quantitative estimate of drug-likeness (QED) is 0.738. The molecule has 8 heteroatoms. The van der Waals surface area contributed by atoms with Gasteiger partial charge in [-0.1, -0.05) is 31.4 Å². The van der Waals surface area contributed by atoms with Crippen LogP contribution in [0.15, 0.2) is 6.20 Å². The van der Waals surface area contributed by atoms with E-state index >= 15 is 0 Å². The highest BCUT2D eigenvalue weighted by Crippen LogP contribution is 2.25. The molecule has 31 heavy (non-hydrogen) atoms. The molecular weight excluding hydrogens is 394 g/mol. The number of aliphatic hydroxyl groups excluding tert-OH is 1. The molecule has 176 valence electrons. The fourth-order valence-electron chi connectivity index (χ4n) is 4.94. The number of amides is 1. The minimum atomic E-state index is -0.194. The van der Waals surface area contributed by atoms with Gasteiger partial charge in [0.25, 0.3) is 0 Å². The van der Waals surface area contributed by atoms with E-state index in [4.69, 9.17) is 4.74 Å². The number of ether oxygens (including phenoxy) is 1. The minimum absolute atomic E-state index is 0.0161. The van der Waals surface area contributed by atoms with E-state index in [1.165, 1.54) is 32.1 Å². The largest absolute Gasteiger partial charge is 0.394 e. The first-order valence-corrected chi connectivity index (χ1v) is 12.1. The summed E-state index contributed by atoms with van der Waals surface area (Å²) >= 11 is 0. The summed E-state index contributed by atoms with van der Waals surface area (Å²) in [5, 5.41) is 17.9. The summed E-state index contributed by atoms with van der Waals surface area (Å²) in [5.74, 6) is 1.01. The molecule has 1 saturated carbocycles. The summed E-state index contributed by atoms with van der Waals surface area (Å²) in [6.07, 6.45) is 9.62. The van der Waals surface area contributed by atoms with Gasteiger partial charge >= 0.3 is 0 Å². The second-order valence-corrected chi connectivity index (χ2v) is 9.68. The Morgan fingerprint density at radius 3 is 2.77 bits per heavy atom. The van der Waals surface area contributed by atoms with Crippen molar-refractivity contribution in [1.29, 1.82) is 0 Å². The summed E-state index contributed by atoms with van der Waals surface area (Å²) in [7, 11) is 2.19. The highest BCUT2D eigenvalue weighted by atomic mass is 16.5. The minimum Gasteiger partial charge on any atom is -0.394 e. The van der Waals surface area contributed by atoms with Crippen molar-refractivity contribution in [3.05, 3.63) is 11.9 Å². The van der Waals surface area contributed by atoms with Gasteiger partial charge in [0.15, 0.2) is 0 Å². The maximum absolute atomic E-state index is 12.9. The van der Waals surface area contributed by atoms with Crippen LogP contribution >= 0.6 is 0 Å². The van der Waals surface area contributed by atoms with E-state index in [9.17, 15) is 9.90 Å². The molecule has 1 aromatic heterocycles. The van der Waals surface area contributed by atoms with Gasteiger partial charge in [-0.2, -0.15) is 0 Å². The molecule has 1 aliphatic carbocycles. The Kier molecular flexibility index (Phi) is 9.29. The van der Waals surface area contributed by atoms with Crippen molar-refractivity contribution < 1.29 is 14.6 Å². The first-order valence-electron chi connectivity index (χ1n) is 12.1. The fraction of sp³-hybridized carbons (Fsp3) is 0.870. The molecule has 0 spiro atoms. The molecule has 0 bridgehead atoms. The average molecular weight is 436 g/mol. The van der Waals surface area contributed by atoms with Crippen LogP contribution in [0.4, 0.5) is 0 Å². The van der Waals surface area contributed by atoms with Crippen LogP contribution in [0.1, 0.15) is 64.5 Å². The summed E-state index contributed by atoms with van der Waals surface area (Å²) in [6, 6.07) is -0.194. The number of carbonyl (C=O) groups excluding carboxylic acids is 1. The zero-order valence-electron chi connectivity index (χ0n) is 19.6. The molecule has 3 atom stereocenters. The number of carbonyl (C=O) groups is 1. The Bertz CT molecular complexity index is 676. The fourth-order valence-corrected chi connectivity index (χ4v) is 4.94. The second-order valence-electron chi connectivity index (χ2n) is 9.68. The Balaban J connectivity index is 1.72. The van der Waals surface area contributed by atoms with Crippen LogP contribution in [0.3, 0.4) is 0 Å². The predicted octanol–water partition coefficient (Wildman–Crippen LogP) is 2.31. The number of rotatable bonds is 6. The maximum Gasteiger partial charge on any atom is 0.222 e. The Morgan fingerprint density at radius 2 is 2.03 bits per heavy atom. The van der Waals surface area contributed by atoms with E-state index in [0.717, 1.165) is 24.7 Å². The standard InChI is InChI=1S/C23H41N5O3/c1-18-13-27(19(2)16-29)23(30)10-7-11-28-21(12-24-25-28)17-31-22(18)15-26(3)14-20-8-5-4-6-9-20/h12,18-20,22,29H,4-11,13-17H2,1-3H3/t18-,19-,22-/m0/s1. The van der Waals surface area contributed by atoms with Gasteiger partial charge in [0.1, 0.15) is 0 Å². The van der Waals surface area contributed by atoms with E-state index < -0.39 is 0 Å². The van der Waals surface area contributed by atoms with Crippen LogP contribution < -0.4 is 0 Å². The van der Waals surface area contributed by atoms with Gasteiger partial charge in [0, 0.05) is 38.5 Å². The zero-order valence-corrected chi connectivity index (χ0v) is 19.6. The molecule has 0 aromatic carbocycles. The highest BCUT2D eigenvalue weighted by molar-refractivity contribution is 5.76. The van der Waals surface area contributed by atoms with Crippen molar-refractivity contribution in [3.8, 4) is 0 Å². The normalized spacial score (nSPS) is 25.7. The van der Waals surface area contributed by atoms with Gasteiger partial charge in [-0.15, -0.1) is 5.10 Å². The molecule has 2 aliphatic rings. The van der Waals surface area contributed by atoms with E-state index in [2.05, 4.69) is 29.2 Å². The van der Waals surface area contributed by atoms with Crippen molar-refractivity contribution in [2.75, 3.05) is 33.3 Å². The number of likely N-dealkylation sites (N-methyl/N-ethyl adjacent to an activating group) is 1. The maximum atomic E-state index is 12.9. The number of aliphatic hydroxyl groups is 1. The predicted molar refractivity (Wildman–Crippen MR) is 119 cm³/mol. The Morgan fingerprint density at radius 1 is 1.26 bits per heavy atom. The van der Waals surface area contributed by atoms with Gasteiger partial charge in [-0.05, 0) is 39.2 Å².